The molecule has 6 heteroatoms. The lowest BCUT2D eigenvalue weighted by atomic mass is 9.94. The van der Waals surface area contributed by atoms with Crippen LogP contribution in [-0.4, -0.2) is 41.5 Å². The molecule has 2 aromatic rings. The van der Waals surface area contributed by atoms with Gasteiger partial charge < -0.3 is 18.9 Å². The fourth-order valence-electron chi connectivity index (χ4n) is 3.71. The molecule has 0 unspecified atom stereocenters. The van der Waals surface area contributed by atoms with E-state index in [1.54, 1.807) is 0 Å². The van der Waals surface area contributed by atoms with Crippen molar-refractivity contribution in [3.8, 4) is 11.5 Å². The molecule has 1 fully saturated rings. The fraction of sp³-hybridized carbons (Fsp3) is 0.556. The lowest BCUT2D eigenvalue weighted by Crippen LogP contribution is -2.36. The molecular weight excluding hydrogens is 306 g/mol. The van der Waals surface area contributed by atoms with Crippen LogP contribution in [0, 0.1) is 5.92 Å². The number of hydrogen-bond acceptors (Lipinski definition) is 6. The Balaban J connectivity index is 1.27. The Bertz CT molecular complexity index is 666. The molecule has 1 aromatic carbocycles. The number of rotatable bonds is 5. The Kier molecular flexibility index (Phi) is 4.38. The second-order valence-electron chi connectivity index (χ2n) is 6.86. The van der Waals surface area contributed by atoms with Gasteiger partial charge in [0.05, 0.1) is 0 Å². The number of aromatic nitrogens is 2. The molecule has 1 aromatic heterocycles. The Morgan fingerprint density at radius 3 is 2.83 bits per heavy atom. The van der Waals surface area contributed by atoms with Gasteiger partial charge >= 0.3 is 0 Å². The minimum Gasteiger partial charge on any atom is -0.454 e. The molecule has 0 amide bonds. The Hall–Kier alpha value is -2.08. The van der Waals surface area contributed by atoms with Gasteiger partial charge in [-0.2, -0.15) is 4.98 Å². The van der Waals surface area contributed by atoms with Gasteiger partial charge in [0.1, 0.15) is 0 Å². The van der Waals surface area contributed by atoms with Gasteiger partial charge in [-0.1, -0.05) is 18.1 Å². The van der Waals surface area contributed by atoms with Crippen LogP contribution in [0.3, 0.4) is 0 Å². The van der Waals surface area contributed by atoms with Crippen LogP contribution in [0.25, 0.3) is 0 Å². The molecule has 0 bridgehead atoms. The van der Waals surface area contributed by atoms with Crippen LogP contribution < -0.4 is 9.47 Å². The molecule has 1 saturated heterocycles. The SMILES string of the molecule is C[C@H](Cc1ccc2c(c1)OCO2)CN1CCC(c2ncon2)CC1. The number of likely N-dealkylation sites (tertiary alicyclic amines) is 1. The molecule has 0 N–H and O–H groups in total. The van der Waals surface area contributed by atoms with E-state index in [-0.39, 0.29) is 0 Å². The van der Waals surface area contributed by atoms with E-state index in [0.717, 1.165) is 56.2 Å². The fourth-order valence-corrected chi connectivity index (χ4v) is 3.71. The summed E-state index contributed by atoms with van der Waals surface area (Å²) in [4.78, 5) is 6.74. The van der Waals surface area contributed by atoms with E-state index in [4.69, 9.17) is 14.0 Å². The third-order valence-corrected chi connectivity index (χ3v) is 4.92. The minimum absolute atomic E-state index is 0.337. The summed E-state index contributed by atoms with van der Waals surface area (Å²) in [6, 6.07) is 6.27. The number of nitrogens with zero attached hydrogens (tertiary/aromatic N) is 3. The van der Waals surface area contributed by atoms with Crippen LogP contribution in [0.4, 0.5) is 0 Å². The molecule has 0 spiro atoms. The van der Waals surface area contributed by atoms with Crippen molar-refractivity contribution < 1.29 is 14.0 Å². The first-order valence-corrected chi connectivity index (χ1v) is 8.65. The van der Waals surface area contributed by atoms with Gasteiger partial charge in [0.2, 0.25) is 13.2 Å². The van der Waals surface area contributed by atoms with Crippen LogP contribution in [0.1, 0.15) is 37.1 Å². The van der Waals surface area contributed by atoms with E-state index < -0.39 is 0 Å². The molecule has 128 valence electrons. The van der Waals surface area contributed by atoms with Gasteiger partial charge in [-0.15, -0.1) is 0 Å². The lowest BCUT2D eigenvalue weighted by molar-refractivity contribution is 0.174. The maximum Gasteiger partial charge on any atom is 0.231 e. The molecule has 2 aliphatic heterocycles. The highest BCUT2D eigenvalue weighted by Crippen LogP contribution is 2.33. The van der Waals surface area contributed by atoms with Crippen LogP contribution in [0.15, 0.2) is 29.1 Å². The van der Waals surface area contributed by atoms with E-state index >= 15 is 0 Å². The summed E-state index contributed by atoms with van der Waals surface area (Å²) in [7, 11) is 0. The number of ether oxygens (including phenoxy) is 2. The lowest BCUT2D eigenvalue weighted by Gasteiger charge is -2.32. The summed E-state index contributed by atoms with van der Waals surface area (Å²) in [5, 5.41) is 3.98. The molecule has 24 heavy (non-hydrogen) atoms. The van der Waals surface area contributed by atoms with E-state index in [1.165, 1.54) is 12.0 Å². The van der Waals surface area contributed by atoms with Gasteiger partial charge in [-0.05, 0) is 56.0 Å². The van der Waals surface area contributed by atoms with Gasteiger partial charge in [-0.25, -0.2) is 0 Å². The highest BCUT2D eigenvalue weighted by Gasteiger charge is 2.24. The van der Waals surface area contributed by atoms with E-state index in [0.29, 0.717) is 18.6 Å². The van der Waals surface area contributed by atoms with Gasteiger partial charge in [0.25, 0.3) is 0 Å². The smallest absolute Gasteiger partial charge is 0.231 e. The van der Waals surface area contributed by atoms with Crippen LogP contribution in [0.2, 0.25) is 0 Å². The van der Waals surface area contributed by atoms with Crippen molar-refractivity contribution in [1.29, 1.82) is 0 Å². The standard InChI is InChI=1S/C18H23N3O3/c1-13(8-14-2-3-16-17(9-14)23-12-22-16)10-21-6-4-15(5-7-21)18-19-11-24-20-18/h2-3,9,11,13,15H,4-8,10,12H2,1H3/t13-/m1/s1. The third kappa shape index (κ3) is 3.38. The Labute approximate surface area is 141 Å². The molecule has 1 atom stereocenters. The second-order valence-corrected chi connectivity index (χ2v) is 6.86. The Morgan fingerprint density at radius 1 is 1.21 bits per heavy atom. The average molecular weight is 329 g/mol. The first-order chi connectivity index (χ1) is 11.8. The average Bonchev–Trinajstić information content (AvgIpc) is 3.26. The summed E-state index contributed by atoms with van der Waals surface area (Å²) in [6.45, 7) is 5.97. The van der Waals surface area contributed by atoms with Gasteiger partial charge in [-0.3, -0.25) is 0 Å². The van der Waals surface area contributed by atoms with E-state index in [1.807, 2.05) is 6.07 Å². The van der Waals surface area contributed by atoms with Gasteiger partial charge in [0.15, 0.2) is 17.3 Å². The first kappa shape index (κ1) is 15.4. The second kappa shape index (κ2) is 6.81. The quantitative estimate of drug-likeness (QED) is 0.840. The number of fused-ring (bicyclic) bond motifs is 1. The summed E-state index contributed by atoms with van der Waals surface area (Å²) < 4.78 is 15.7. The summed E-state index contributed by atoms with van der Waals surface area (Å²) in [5.41, 5.74) is 1.31. The predicted molar refractivity (Wildman–Crippen MR) is 88.1 cm³/mol. The van der Waals surface area contributed by atoms with Crippen molar-refractivity contribution in [3.63, 3.8) is 0 Å². The number of hydrogen-bond donors (Lipinski definition) is 0. The predicted octanol–water partition coefficient (Wildman–Crippen LogP) is 2.86. The van der Waals surface area contributed by atoms with E-state index in [2.05, 4.69) is 34.1 Å². The summed E-state index contributed by atoms with van der Waals surface area (Å²) >= 11 is 0. The maximum absolute atomic E-state index is 5.47. The minimum atomic E-state index is 0.337. The molecule has 2 aliphatic rings. The van der Waals surface area contributed by atoms with Crippen LogP contribution in [0.5, 0.6) is 11.5 Å². The monoisotopic (exact) mass is 329 g/mol. The van der Waals surface area contributed by atoms with Crippen molar-refractivity contribution in [3.05, 3.63) is 36.0 Å². The zero-order valence-electron chi connectivity index (χ0n) is 14.0. The Morgan fingerprint density at radius 2 is 2.04 bits per heavy atom. The van der Waals surface area contributed by atoms with Crippen molar-refractivity contribution in [2.24, 2.45) is 5.92 Å². The number of piperidine rings is 1. The highest BCUT2D eigenvalue weighted by atomic mass is 16.7. The zero-order valence-corrected chi connectivity index (χ0v) is 14.0. The highest BCUT2D eigenvalue weighted by molar-refractivity contribution is 5.44. The number of benzene rings is 1. The van der Waals surface area contributed by atoms with Gasteiger partial charge in [0, 0.05) is 12.5 Å². The first-order valence-electron chi connectivity index (χ1n) is 8.65. The van der Waals surface area contributed by atoms with Crippen LogP contribution in [-0.2, 0) is 6.42 Å². The summed E-state index contributed by atoms with van der Waals surface area (Å²) in [5.74, 6) is 3.65. The molecule has 4 rings (SSSR count). The van der Waals surface area contributed by atoms with Crippen molar-refractivity contribution in [2.75, 3.05) is 26.4 Å². The molecule has 0 aliphatic carbocycles. The molecule has 6 nitrogen and oxygen atoms in total. The third-order valence-electron chi connectivity index (χ3n) is 4.92. The summed E-state index contributed by atoms with van der Waals surface area (Å²) in [6.07, 6.45) is 4.70. The van der Waals surface area contributed by atoms with Crippen molar-refractivity contribution in [1.82, 2.24) is 15.0 Å². The molecule has 3 heterocycles. The molecular formula is C18H23N3O3. The van der Waals surface area contributed by atoms with Crippen molar-refractivity contribution >= 4 is 0 Å². The zero-order chi connectivity index (χ0) is 16.4. The van der Waals surface area contributed by atoms with Crippen LogP contribution >= 0.6 is 0 Å². The topological polar surface area (TPSA) is 60.6 Å². The molecule has 0 radical (unpaired) electrons. The largest absolute Gasteiger partial charge is 0.454 e. The normalized spacial score (nSPS) is 19.5. The van der Waals surface area contributed by atoms with E-state index in [9.17, 15) is 0 Å². The maximum atomic E-state index is 5.47. The van der Waals surface area contributed by atoms with Crippen molar-refractivity contribution in [2.45, 2.75) is 32.1 Å². The molecule has 0 saturated carbocycles.